The number of rotatable bonds is 5. The monoisotopic (exact) mass is 350 g/mol. The summed E-state index contributed by atoms with van der Waals surface area (Å²) < 4.78 is 5.67. The molecular formula is C19H18N4O3. The van der Waals surface area contributed by atoms with Gasteiger partial charge in [-0.3, -0.25) is 10.1 Å². The van der Waals surface area contributed by atoms with E-state index in [1.165, 1.54) is 12.1 Å². The Bertz CT molecular complexity index is 937. The lowest BCUT2D eigenvalue weighted by atomic mass is 10.1. The number of fused-ring (bicyclic) bond motifs is 1. The predicted molar refractivity (Wildman–Crippen MR) is 99.1 cm³/mol. The van der Waals surface area contributed by atoms with Crippen molar-refractivity contribution in [2.24, 2.45) is 0 Å². The van der Waals surface area contributed by atoms with Crippen LogP contribution in [0.3, 0.4) is 0 Å². The summed E-state index contributed by atoms with van der Waals surface area (Å²) in [6, 6.07) is 14.1. The van der Waals surface area contributed by atoms with Crippen LogP contribution in [-0.2, 0) is 4.74 Å². The number of hydrogen-bond acceptors (Lipinski definition) is 6. The van der Waals surface area contributed by atoms with Gasteiger partial charge in [-0.15, -0.1) is 0 Å². The second-order valence-electron chi connectivity index (χ2n) is 6.23. The second kappa shape index (κ2) is 7.05. The molecule has 0 spiro atoms. The molecule has 0 aliphatic carbocycles. The molecule has 7 heteroatoms. The molecule has 26 heavy (non-hydrogen) atoms. The SMILES string of the molecule is O=[N+]([O-])c1ccc(-c2nc(NC[C@@H]3CCCO3)c3ccccc3n2)cc1. The molecule has 1 N–H and O–H groups in total. The van der Waals surface area contributed by atoms with Gasteiger partial charge in [0.15, 0.2) is 5.82 Å². The van der Waals surface area contributed by atoms with Gasteiger partial charge >= 0.3 is 0 Å². The topological polar surface area (TPSA) is 90.2 Å². The summed E-state index contributed by atoms with van der Waals surface area (Å²) in [5.41, 5.74) is 1.61. The molecule has 0 saturated carbocycles. The van der Waals surface area contributed by atoms with Gasteiger partial charge in [0, 0.05) is 36.2 Å². The van der Waals surface area contributed by atoms with Crippen LogP contribution in [0.1, 0.15) is 12.8 Å². The van der Waals surface area contributed by atoms with Gasteiger partial charge in [0.1, 0.15) is 5.82 Å². The van der Waals surface area contributed by atoms with E-state index in [9.17, 15) is 10.1 Å². The fourth-order valence-corrected chi connectivity index (χ4v) is 3.09. The minimum absolute atomic E-state index is 0.0475. The van der Waals surface area contributed by atoms with Gasteiger partial charge in [-0.25, -0.2) is 9.97 Å². The van der Waals surface area contributed by atoms with Crippen molar-refractivity contribution in [2.45, 2.75) is 18.9 Å². The fraction of sp³-hybridized carbons (Fsp3) is 0.263. The first-order valence-electron chi connectivity index (χ1n) is 8.58. The Labute approximate surface area is 150 Å². The lowest BCUT2D eigenvalue weighted by molar-refractivity contribution is -0.384. The van der Waals surface area contributed by atoms with Gasteiger partial charge in [0.2, 0.25) is 0 Å². The van der Waals surface area contributed by atoms with Crippen molar-refractivity contribution >= 4 is 22.4 Å². The number of nitro groups is 1. The van der Waals surface area contributed by atoms with E-state index in [0.29, 0.717) is 12.4 Å². The number of non-ortho nitro benzene ring substituents is 1. The van der Waals surface area contributed by atoms with Crippen molar-refractivity contribution in [3.63, 3.8) is 0 Å². The van der Waals surface area contributed by atoms with Gasteiger partial charge in [0.25, 0.3) is 5.69 Å². The van der Waals surface area contributed by atoms with E-state index >= 15 is 0 Å². The van der Waals surface area contributed by atoms with Crippen molar-refractivity contribution in [1.29, 1.82) is 0 Å². The third-order valence-corrected chi connectivity index (χ3v) is 4.46. The highest BCUT2D eigenvalue weighted by Gasteiger charge is 2.17. The van der Waals surface area contributed by atoms with Crippen LogP contribution in [0.25, 0.3) is 22.3 Å². The first kappa shape index (κ1) is 16.4. The summed E-state index contributed by atoms with van der Waals surface area (Å²) >= 11 is 0. The number of para-hydroxylation sites is 1. The summed E-state index contributed by atoms with van der Waals surface area (Å²) in [5.74, 6) is 1.29. The van der Waals surface area contributed by atoms with Crippen molar-refractivity contribution in [1.82, 2.24) is 9.97 Å². The molecule has 0 amide bonds. The molecular weight excluding hydrogens is 332 g/mol. The average molecular weight is 350 g/mol. The lowest BCUT2D eigenvalue weighted by Crippen LogP contribution is -2.19. The summed E-state index contributed by atoms with van der Waals surface area (Å²) in [4.78, 5) is 19.7. The zero-order chi connectivity index (χ0) is 17.9. The molecule has 0 bridgehead atoms. The molecule has 1 aliphatic heterocycles. The molecule has 0 unspecified atom stereocenters. The maximum absolute atomic E-state index is 10.8. The molecule has 0 radical (unpaired) electrons. The van der Waals surface area contributed by atoms with Crippen LogP contribution >= 0.6 is 0 Å². The van der Waals surface area contributed by atoms with Gasteiger partial charge < -0.3 is 10.1 Å². The summed E-state index contributed by atoms with van der Waals surface area (Å²) in [5, 5.41) is 15.2. The van der Waals surface area contributed by atoms with Crippen molar-refractivity contribution in [3.05, 3.63) is 58.6 Å². The fourth-order valence-electron chi connectivity index (χ4n) is 3.09. The first-order valence-corrected chi connectivity index (χ1v) is 8.58. The van der Waals surface area contributed by atoms with Crippen LogP contribution in [0.15, 0.2) is 48.5 Å². The zero-order valence-electron chi connectivity index (χ0n) is 14.1. The Kier molecular flexibility index (Phi) is 4.45. The highest BCUT2D eigenvalue weighted by Crippen LogP contribution is 2.26. The van der Waals surface area contributed by atoms with Crippen LogP contribution in [0, 0.1) is 10.1 Å². The van der Waals surface area contributed by atoms with Crippen molar-refractivity contribution < 1.29 is 9.66 Å². The standard InChI is InChI=1S/C19H18N4O3/c24-23(25)14-9-7-13(8-10-14)18-21-17-6-2-1-5-16(17)19(22-18)20-12-15-4-3-11-26-15/h1-2,5-10,15H,3-4,11-12H2,(H,20,21,22)/t15-/m0/s1. The molecule has 3 aromatic rings. The van der Waals surface area contributed by atoms with Crippen molar-refractivity contribution in [2.75, 3.05) is 18.5 Å². The smallest absolute Gasteiger partial charge is 0.269 e. The molecule has 1 aliphatic rings. The largest absolute Gasteiger partial charge is 0.376 e. The van der Waals surface area contributed by atoms with Crippen LogP contribution in [0.2, 0.25) is 0 Å². The Hall–Kier alpha value is -3.06. The minimum atomic E-state index is -0.417. The molecule has 2 aromatic carbocycles. The minimum Gasteiger partial charge on any atom is -0.376 e. The van der Waals surface area contributed by atoms with E-state index < -0.39 is 4.92 Å². The van der Waals surface area contributed by atoms with E-state index in [1.54, 1.807) is 12.1 Å². The molecule has 4 rings (SSSR count). The third-order valence-electron chi connectivity index (χ3n) is 4.46. The van der Waals surface area contributed by atoms with Crippen molar-refractivity contribution in [3.8, 4) is 11.4 Å². The number of anilines is 1. The van der Waals surface area contributed by atoms with Gasteiger partial charge in [-0.1, -0.05) is 12.1 Å². The van der Waals surface area contributed by atoms with E-state index in [1.807, 2.05) is 24.3 Å². The number of benzene rings is 2. The summed E-state index contributed by atoms with van der Waals surface area (Å²) in [6.45, 7) is 1.51. The zero-order valence-corrected chi connectivity index (χ0v) is 14.1. The van der Waals surface area contributed by atoms with E-state index in [0.717, 1.165) is 41.7 Å². The first-order chi connectivity index (χ1) is 12.7. The third kappa shape index (κ3) is 3.34. The van der Waals surface area contributed by atoms with E-state index in [-0.39, 0.29) is 11.8 Å². The van der Waals surface area contributed by atoms with Crippen LogP contribution in [-0.4, -0.2) is 34.1 Å². The average Bonchev–Trinajstić information content (AvgIpc) is 3.19. The van der Waals surface area contributed by atoms with Gasteiger partial charge in [-0.05, 0) is 37.1 Å². The normalized spacial score (nSPS) is 16.7. The Morgan fingerprint density at radius 1 is 1.15 bits per heavy atom. The van der Waals surface area contributed by atoms with Crippen LogP contribution in [0.5, 0.6) is 0 Å². The van der Waals surface area contributed by atoms with Crippen LogP contribution < -0.4 is 5.32 Å². The van der Waals surface area contributed by atoms with E-state index in [4.69, 9.17) is 4.74 Å². The lowest BCUT2D eigenvalue weighted by Gasteiger charge is -2.14. The maximum atomic E-state index is 10.8. The molecule has 132 valence electrons. The molecule has 1 aromatic heterocycles. The Morgan fingerprint density at radius 2 is 1.96 bits per heavy atom. The quantitative estimate of drug-likeness (QED) is 0.556. The second-order valence-corrected chi connectivity index (χ2v) is 6.23. The predicted octanol–water partition coefficient (Wildman–Crippen LogP) is 3.80. The summed E-state index contributed by atoms with van der Waals surface area (Å²) in [7, 11) is 0. The maximum Gasteiger partial charge on any atom is 0.269 e. The van der Waals surface area contributed by atoms with Gasteiger partial charge in [0.05, 0.1) is 16.5 Å². The number of nitrogens with one attached hydrogen (secondary N) is 1. The number of nitro benzene ring substituents is 1. The molecule has 1 fully saturated rings. The highest BCUT2D eigenvalue weighted by molar-refractivity contribution is 5.90. The molecule has 2 heterocycles. The molecule has 1 atom stereocenters. The number of aromatic nitrogens is 2. The highest BCUT2D eigenvalue weighted by atomic mass is 16.6. The Balaban J connectivity index is 1.69. The van der Waals surface area contributed by atoms with E-state index in [2.05, 4.69) is 15.3 Å². The number of nitrogens with zero attached hydrogens (tertiary/aromatic N) is 3. The summed E-state index contributed by atoms with van der Waals surface area (Å²) in [6.07, 6.45) is 2.34. The van der Waals surface area contributed by atoms with Crippen LogP contribution in [0.4, 0.5) is 11.5 Å². The van der Waals surface area contributed by atoms with Gasteiger partial charge in [-0.2, -0.15) is 0 Å². The Morgan fingerprint density at radius 3 is 2.69 bits per heavy atom. The molecule has 7 nitrogen and oxygen atoms in total. The molecule has 1 saturated heterocycles. The number of ether oxygens (including phenoxy) is 1. The number of hydrogen-bond donors (Lipinski definition) is 1.